The van der Waals surface area contributed by atoms with Crippen molar-refractivity contribution in [3.05, 3.63) is 23.8 Å². The molecule has 0 atom stereocenters. The molecule has 1 rings (SSSR count). The van der Waals surface area contributed by atoms with Crippen LogP contribution >= 0.6 is 0 Å². The number of rotatable bonds is 3. The number of para-hydroxylation sites is 1. The first-order valence-electron chi connectivity index (χ1n) is 6.73. The van der Waals surface area contributed by atoms with Crippen LogP contribution in [0.1, 0.15) is 26.3 Å². The van der Waals surface area contributed by atoms with Crippen LogP contribution in [0.3, 0.4) is 0 Å². The molecule has 1 aromatic rings. The second kappa shape index (κ2) is 5.27. The quantitative estimate of drug-likeness (QED) is 0.681. The van der Waals surface area contributed by atoms with E-state index in [0.717, 1.165) is 10.8 Å². The van der Waals surface area contributed by atoms with Gasteiger partial charge in [-0.3, -0.25) is 9.68 Å². The third-order valence-corrected chi connectivity index (χ3v) is 7.65. The fourth-order valence-electron chi connectivity index (χ4n) is 2.32. The fraction of sp³-hybridized carbons (Fsp3) is 0.600. The van der Waals surface area contributed by atoms with Gasteiger partial charge >= 0.3 is 0 Å². The zero-order valence-corrected chi connectivity index (χ0v) is 14.6. The Hall–Kier alpha value is -0.843. The minimum absolute atomic E-state index is 0.0404. The lowest BCUT2D eigenvalue weighted by Gasteiger charge is -2.39. The zero-order chi connectivity index (χ0) is 15.0. The molecule has 0 saturated carbocycles. The summed E-state index contributed by atoms with van der Waals surface area (Å²) in [6, 6.07) is 6.16. The molecule has 4 heteroatoms. The lowest BCUT2D eigenvalue weighted by molar-refractivity contribution is 0.150. The van der Waals surface area contributed by atoms with Gasteiger partial charge in [-0.15, -0.1) is 0 Å². The molecule has 1 aromatic carbocycles. The first kappa shape index (κ1) is 16.2. The highest BCUT2D eigenvalue weighted by Gasteiger charge is 2.34. The topological polar surface area (TPSA) is 26.7 Å². The molecule has 0 radical (unpaired) electrons. The molecule has 0 unspecified atom stereocenters. The highest BCUT2D eigenvalue weighted by atomic mass is 28.3. The van der Waals surface area contributed by atoms with Gasteiger partial charge < -0.3 is 5.11 Å². The van der Waals surface area contributed by atoms with E-state index in [9.17, 15) is 5.11 Å². The van der Waals surface area contributed by atoms with Crippen LogP contribution in [0, 0.1) is 0 Å². The fourth-order valence-corrected chi connectivity index (χ4v) is 4.88. The Morgan fingerprint density at radius 3 is 2.00 bits per heavy atom. The van der Waals surface area contributed by atoms with E-state index in [0.29, 0.717) is 5.75 Å². The second-order valence-electron chi connectivity index (χ2n) is 6.88. The number of hydrogen-bond donors (Lipinski definition) is 1. The van der Waals surface area contributed by atoms with Gasteiger partial charge in [-0.05, 0) is 23.2 Å². The number of phenolic OH excluding ortho intramolecular Hbond substituents is 1. The van der Waals surface area contributed by atoms with Gasteiger partial charge in [0, 0.05) is 14.1 Å². The smallest absolute Gasteiger partial charge is 0.174 e. The lowest BCUT2D eigenvalue weighted by atomic mass is 9.86. The summed E-state index contributed by atoms with van der Waals surface area (Å²) in [4.78, 5) is 0. The summed E-state index contributed by atoms with van der Waals surface area (Å²) in [5, 5.41) is 13.9. The molecule has 108 valence electrons. The van der Waals surface area contributed by atoms with Gasteiger partial charge in [-0.2, -0.15) is 0 Å². The van der Waals surface area contributed by atoms with E-state index < -0.39 is 8.24 Å². The molecule has 0 bridgehead atoms. The Balaban J connectivity index is 3.37. The van der Waals surface area contributed by atoms with E-state index >= 15 is 0 Å². The summed E-state index contributed by atoms with van der Waals surface area (Å²) in [6.07, 6.45) is 0. The summed E-state index contributed by atoms with van der Waals surface area (Å²) in [5.41, 5.74) is 0.985. The third-order valence-electron chi connectivity index (χ3n) is 3.91. The van der Waals surface area contributed by atoms with Crippen molar-refractivity contribution in [3.63, 3.8) is 0 Å². The van der Waals surface area contributed by atoms with E-state index in [1.807, 2.05) is 20.2 Å². The van der Waals surface area contributed by atoms with Crippen LogP contribution in [-0.4, -0.2) is 44.2 Å². The first-order chi connectivity index (χ1) is 8.49. The zero-order valence-electron chi connectivity index (χ0n) is 13.6. The van der Waals surface area contributed by atoms with Crippen LogP contribution in [0.2, 0.25) is 13.1 Å². The lowest BCUT2D eigenvalue weighted by Crippen LogP contribution is -2.60. The van der Waals surface area contributed by atoms with E-state index in [4.69, 9.17) is 0 Å². The van der Waals surface area contributed by atoms with Crippen molar-refractivity contribution >= 4 is 13.4 Å². The minimum Gasteiger partial charge on any atom is -0.508 e. The summed E-state index contributed by atoms with van der Waals surface area (Å²) in [5.74, 6) is 0.473. The maximum atomic E-state index is 10.7. The molecule has 0 aliphatic heterocycles. The second-order valence-corrected chi connectivity index (χ2v) is 11.2. The Morgan fingerprint density at radius 1 is 1.05 bits per heavy atom. The Morgan fingerprint density at radius 2 is 1.58 bits per heavy atom. The average molecular weight is 280 g/mol. The molecule has 0 fully saturated rings. The van der Waals surface area contributed by atoms with Crippen molar-refractivity contribution in [2.24, 2.45) is 0 Å². The SMILES string of the molecule is CN(C)N(C)[Si](C)(C)c1cccc(C(C)(C)C)c1O. The molecule has 0 saturated heterocycles. The van der Waals surface area contributed by atoms with Gasteiger partial charge in [0.15, 0.2) is 8.24 Å². The predicted octanol–water partition coefficient (Wildman–Crippen LogP) is 2.51. The summed E-state index contributed by atoms with van der Waals surface area (Å²) in [6.45, 7) is 10.9. The number of aromatic hydroxyl groups is 1. The number of benzene rings is 1. The first-order valence-corrected chi connectivity index (χ1v) is 9.68. The average Bonchev–Trinajstić information content (AvgIpc) is 2.26. The van der Waals surface area contributed by atoms with Crippen molar-refractivity contribution in [1.29, 1.82) is 0 Å². The van der Waals surface area contributed by atoms with Crippen LogP contribution in [-0.2, 0) is 5.41 Å². The highest BCUT2D eigenvalue weighted by Crippen LogP contribution is 2.30. The predicted molar refractivity (Wildman–Crippen MR) is 85.4 cm³/mol. The normalized spacial score (nSPS) is 13.4. The minimum atomic E-state index is -1.89. The molecular formula is C15H28N2OSi. The highest BCUT2D eigenvalue weighted by molar-refractivity contribution is 6.87. The van der Waals surface area contributed by atoms with E-state index in [1.54, 1.807) is 0 Å². The summed E-state index contributed by atoms with van der Waals surface area (Å²) < 4.78 is 2.26. The van der Waals surface area contributed by atoms with Crippen molar-refractivity contribution in [2.45, 2.75) is 39.3 Å². The largest absolute Gasteiger partial charge is 0.508 e. The number of phenols is 1. The van der Waals surface area contributed by atoms with Crippen molar-refractivity contribution in [2.75, 3.05) is 21.1 Å². The number of nitrogens with zero attached hydrogens (tertiary/aromatic N) is 2. The molecule has 0 heterocycles. The summed E-state index contributed by atoms with van der Waals surface area (Å²) in [7, 11) is 4.28. The van der Waals surface area contributed by atoms with Crippen LogP contribution in [0.5, 0.6) is 5.75 Å². The van der Waals surface area contributed by atoms with Crippen molar-refractivity contribution in [3.8, 4) is 5.75 Å². The maximum Gasteiger partial charge on any atom is 0.174 e. The van der Waals surface area contributed by atoms with Gasteiger partial charge in [0.1, 0.15) is 5.75 Å². The van der Waals surface area contributed by atoms with Gasteiger partial charge in [0.25, 0.3) is 0 Å². The molecule has 19 heavy (non-hydrogen) atoms. The standard InChI is InChI=1S/C15H28N2OSi/c1-15(2,3)12-10-9-11-13(14(12)18)19(7,8)17(6)16(4)5/h9-11,18H,1-8H3. The van der Waals surface area contributed by atoms with Crippen molar-refractivity contribution < 1.29 is 5.11 Å². The monoisotopic (exact) mass is 280 g/mol. The Labute approximate surface area is 118 Å². The molecule has 0 amide bonds. The number of hydrazine groups is 1. The van der Waals surface area contributed by atoms with Gasteiger partial charge in [0.2, 0.25) is 0 Å². The summed E-state index contributed by atoms with van der Waals surface area (Å²) >= 11 is 0. The van der Waals surface area contributed by atoms with Crippen LogP contribution < -0.4 is 5.19 Å². The van der Waals surface area contributed by atoms with Gasteiger partial charge in [-0.1, -0.05) is 52.1 Å². The van der Waals surface area contributed by atoms with Crippen LogP contribution in [0.15, 0.2) is 18.2 Å². The van der Waals surface area contributed by atoms with E-state index in [1.165, 1.54) is 0 Å². The third kappa shape index (κ3) is 3.19. The molecule has 0 aliphatic rings. The maximum absolute atomic E-state index is 10.7. The van der Waals surface area contributed by atoms with E-state index in [-0.39, 0.29) is 5.41 Å². The molecule has 0 aromatic heterocycles. The molecule has 0 aliphatic carbocycles. The van der Waals surface area contributed by atoms with Gasteiger partial charge in [0.05, 0.1) is 0 Å². The van der Waals surface area contributed by atoms with Gasteiger partial charge in [-0.25, -0.2) is 0 Å². The van der Waals surface area contributed by atoms with E-state index in [2.05, 4.69) is 62.7 Å². The number of hydrogen-bond acceptors (Lipinski definition) is 3. The molecule has 3 nitrogen and oxygen atoms in total. The van der Waals surface area contributed by atoms with Crippen LogP contribution in [0.4, 0.5) is 0 Å². The molecular weight excluding hydrogens is 252 g/mol. The Bertz CT molecular complexity index is 450. The van der Waals surface area contributed by atoms with Crippen molar-refractivity contribution in [1.82, 2.24) is 9.68 Å². The molecule has 1 N–H and O–H groups in total. The molecule has 0 spiro atoms. The Kier molecular flexibility index (Phi) is 4.50. The van der Waals surface area contributed by atoms with Crippen LogP contribution in [0.25, 0.3) is 0 Å².